The minimum Gasteiger partial charge on any atom is -0.484 e. The van der Waals surface area contributed by atoms with Crippen LogP contribution in [0, 0.1) is 6.92 Å². The Balaban J connectivity index is 1.79. The molecule has 1 atom stereocenters. The van der Waals surface area contributed by atoms with Gasteiger partial charge in [0.25, 0.3) is 5.91 Å². The summed E-state index contributed by atoms with van der Waals surface area (Å²) in [5.41, 5.74) is 2.42. The zero-order valence-corrected chi connectivity index (χ0v) is 16.1. The molecule has 9 heteroatoms. The van der Waals surface area contributed by atoms with Crippen molar-refractivity contribution < 1.29 is 27.5 Å². The summed E-state index contributed by atoms with van der Waals surface area (Å²) in [4.78, 5) is 30.1. The first-order valence-corrected chi connectivity index (χ1v) is 8.93. The Hall–Kier alpha value is -3.10. The number of rotatable bonds is 5. The lowest BCUT2D eigenvalue weighted by atomic mass is 10.1. The number of fused-ring (bicyclic) bond motifs is 1. The highest BCUT2D eigenvalue weighted by molar-refractivity contribution is 6.01. The molecular formula is C20H20F3N3O3. The van der Waals surface area contributed by atoms with E-state index < -0.39 is 12.8 Å². The highest BCUT2D eigenvalue weighted by atomic mass is 19.4. The van der Waals surface area contributed by atoms with Gasteiger partial charge in [-0.3, -0.25) is 9.59 Å². The SMILES string of the molecule is CC(=O)Nc1nccc2c1C(C)N(Cc1ccc(OCC(F)(F)F)c(C)c1)C2=O. The third-order valence-electron chi connectivity index (χ3n) is 4.64. The number of hydrogen-bond donors (Lipinski definition) is 1. The molecule has 6 nitrogen and oxygen atoms in total. The fourth-order valence-electron chi connectivity index (χ4n) is 3.37. The molecule has 0 radical (unpaired) electrons. The maximum atomic E-state index is 12.8. The smallest absolute Gasteiger partial charge is 0.422 e. The Morgan fingerprint density at radius 1 is 1.31 bits per heavy atom. The largest absolute Gasteiger partial charge is 0.484 e. The molecule has 3 rings (SSSR count). The van der Waals surface area contributed by atoms with Gasteiger partial charge >= 0.3 is 6.18 Å². The number of nitrogens with zero attached hydrogens (tertiary/aromatic N) is 2. The van der Waals surface area contributed by atoms with Crippen molar-refractivity contribution in [2.75, 3.05) is 11.9 Å². The number of nitrogens with one attached hydrogen (secondary N) is 1. The molecule has 1 aromatic heterocycles. The van der Waals surface area contributed by atoms with Crippen molar-refractivity contribution in [3.63, 3.8) is 0 Å². The van der Waals surface area contributed by atoms with Gasteiger partial charge in [0.15, 0.2) is 6.61 Å². The number of hydrogen-bond acceptors (Lipinski definition) is 4. The first-order valence-electron chi connectivity index (χ1n) is 8.93. The van der Waals surface area contributed by atoms with Crippen LogP contribution in [-0.4, -0.2) is 34.5 Å². The molecule has 1 aliphatic rings. The topological polar surface area (TPSA) is 71.5 Å². The van der Waals surface area contributed by atoms with E-state index in [0.29, 0.717) is 22.5 Å². The molecule has 0 saturated carbocycles. The fourth-order valence-corrected chi connectivity index (χ4v) is 3.37. The molecular weight excluding hydrogens is 387 g/mol. The molecule has 0 bridgehead atoms. The first kappa shape index (κ1) is 20.6. The van der Waals surface area contributed by atoms with Gasteiger partial charge in [0.2, 0.25) is 5.91 Å². The van der Waals surface area contributed by atoms with E-state index >= 15 is 0 Å². The van der Waals surface area contributed by atoms with Gasteiger partial charge in [0, 0.05) is 25.2 Å². The number of benzene rings is 1. The van der Waals surface area contributed by atoms with Crippen LogP contribution < -0.4 is 10.1 Å². The van der Waals surface area contributed by atoms with Gasteiger partial charge in [-0.05, 0) is 37.1 Å². The van der Waals surface area contributed by atoms with Crippen molar-refractivity contribution >= 4 is 17.6 Å². The Morgan fingerprint density at radius 2 is 2.03 bits per heavy atom. The zero-order valence-electron chi connectivity index (χ0n) is 16.1. The maximum absolute atomic E-state index is 12.8. The van der Waals surface area contributed by atoms with Gasteiger partial charge in [0.05, 0.1) is 11.6 Å². The highest BCUT2D eigenvalue weighted by Crippen LogP contribution is 2.38. The average molecular weight is 407 g/mol. The summed E-state index contributed by atoms with van der Waals surface area (Å²) in [6, 6.07) is 6.09. The van der Waals surface area contributed by atoms with Gasteiger partial charge in [-0.2, -0.15) is 13.2 Å². The number of pyridine rings is 1. The van der Waals surface area contributed by atoms with E-state index in [-0.39, 0.29) is 30.2 Å². The van der Waals surface area contributed by atoms with Crippen LogP contribution in [0.4, 0.5) is 19.0 Å². The van der Waals surface area contributed by atoms with Gasteiger partial charge in [-0.1, -0.05) is 12.1 Å². The predicted molar refractivity (Wildman–Crippen MR) is 99.6 cm³/mol. The minimum absolute atomic E-state index is 0.146. The monoisotopic (exact) mass is 407 g/mol. The van der Waals surface area contributed by atoms with Crippen LogP contribution in [-0.2, 0) is 11.3 Å². The van der Waals surface area contributed by atoms with E-state index in [1.54, 1.807) is 30.0 Å². The highest BCUT2D eigenvalue weighted by Gasteiger charge is 2.36. The molecule has 1 N–H and O–H groups in total. The Bertz CT molecular complexity index is 960. The van der Waals surface area contributed by atoms with Gasteiger partial charge in [-0.15, -0.1) is 0 Å². The first-order chi connectivity index (χ1) is 13.6. The number of anilines is 1. The van der Waals surface area contributed by atoms with E-state index in [9.17, 15) is 22.8 Å². The van der Waals surface area contributed by atoms with Crippen LogP contribution in [0.3, 0.4) is 0 Å². The van der Waals surface area contributed by atoms with Crippen molar-refractivity contribution in [3.05, 3.63) is 52.7 Å². The molecule has 1 aromatic carbocycles. The number of amides is 2. The van der Waals surface area contributed by atoms with Crippen LogP contribution in [0.25, 0.3) is 0 Å². The molecule has 2 aromatic rings. The number of alkyl halides is 3. The van der Waals surface area contributed by atoms with E-state index in [1.165, 1.54) is 19.2 Å². The molecule has 0 fully saturated rings. The average Bonchev–Trinajstić information content (AvgIpc) is 2.85. The quantitative estimate of drug-likeness (QED) is 0.813. The van der Waals surface area contributed by atoms with Gasteiger partial charge in [0.1, 0.15) is 11.6 Å². The predicted octanol–water partition coefficient (Wildman–Crippen LogP) is 4.01. The van der Waals surface area contributed by atoms with Crippen molar-refractivity contribution in [1.29, 1.82) is 0 Å². The van der Waals surface area contributed by atoms with Gasteiger partial charge < -0.3 is 15.0 Å². The third kappa shape index (κ3) is 4.49. The lowest BCUT2D eigenvalue weighted by Gasteiger charge is -2.23. The molecule has 1 unspecified atom stereocenters. The molecule has 2 heterocycles. The zero-order chi connectivity index (χ0) is 21.3. The Morgan fingerprint density at radius 3 is 2.66 bits per heavy atom. The van der Waals surface area contributed by atoms with Crippen molar-refractivity contribution in [2.45, 2.75) is 39.5 Å². The minimum atomic E-state index is -4.41. The molecule has 154 valence electrons. The van der Waals surface area contributed by atoms with E-state index in [0.717, 1.165) is 5.56 Å². The number of aromatic nitrogens is 1. The van der Waals surface area contributed by atoms with Crippen LogP contribution >= 0.6 is 0 Å². The van der Waals surface area contributed by atoms with Crippen molar-refractivity contribution in [2.24, 2.45) is 0 Å². The summed E-state index contributed by atoms with van der Waals surface area (Å²) in [5.74, 6) is 0.0170. The number of aryl methyl sites for hydroxylation is 1. The summed E-state index contributed by atoms with van der Waals surface area (Å²) in [6.07, 6.45) is -2.94. The summed E-state index contributed by atoms with van der Waals surface area (Å²) in [6.45, 7) is 3.76. The summed E-state index contributed by atoms with van der Waals surface area (Å²) in [7, 11) is 0. The lowest BCUT2D eigenvalue weighted by molar-refractivity contribution is -0.153. The normalized spacial score (nSPS) is 16.0. The van der Waals surface area contributed by atoms with Crippen molar-refractivity contribution in [3.8, 4) is 5.75 Å². The summed E-state index contributed by atoms with van der Waals surface area (Å²) >= 11 is 0. The van der Waals surface area contributed by atoms with Crippen LogP contribution in [0.5, 0.6) is 5.75 Å². The lowest BCUT2D eigenvalue weighted by Crippen LogP contribution is -2.26. The van der Waals surface area contributed by atoms with Crippen LogP contribution in [0.2, 0.25) is 0 Å². The molecule has 0 spiro atoms. The maximum Gasteiger partial charge on any atom is 0.422 e. The Labute approximate surface area is 165 Å². The summed E-state index contributed by atoms with van der Waals surface area (Å²) < 4.78 is 41.9. The molecule has 29 heavy (non-hydrogen) atoms. The second kappa shape index (κ2) is 7.73. The van der Waals surface area contributed by atoms with E-state index in [2.05, 4.69) is 10.3 Å². The van der Waals surface area contributed by atoms with Crippen LogP contribution in [0.15, 0.2) is 30.5 Å². The second-order valence-electron chi connectivity index (χ2n) is 6.91. The standard InChI is InChI=1S/C20H20F3N3O3/c1-11-8-14(4-5-16(11)29-10-20(21,22)23)9-26-12(2)17-15(19(26)28)6-7-24-18(17)25-13(3)27/h4-8,12H,9-10H2,1-3H3,(H,24,25,27). The molecule has 0 saturated heterocycles. The van der Waals surface area contributed by atoms with E-state index in [1.807, 2.05) is 6.92 Å². The molecule has 1 aliphatic heterocycles. The van der Waals surface area contributed by atoms with Gasteiger partial charge in [-0.25, -0.2) is 4.98 Å². The number of carbonyl (C=O) groups excluding carboxylic acids is 2. The number of carbonyl (C=O) groups is 2. The number of halogens is 3. The molecule has 0 aliphatic carbocycles. The number of ether oxygens (including phenoxy) is 1. The second-order valence-corrected chi connectivity index (χ2v) is 6.91. The molecule has 2 amide bonds. The van der Waals surface area contributed by atoms with Crippen molar-refractivity contribution in [1.82, 2.24) is 9.88 Å². The Kier molecular flexibility index (Phi) is 5.50. The van der Waals surface area contributed by atoms with Crippen LogP contribution in [0.1, 0.15) is 46.9 Å². The fraction of sp³-hybridized carbons (Fsp3) is 0.350. The van der Waals surface area contributed by atoms with E-state index in [4.69, 9.17) is 4.74 Å². The summed E-state index contributed by atoms with van der Waals surface area (Å²) in [5, 5.41) is 2.65. The third-order valence-corrected chi connectivity index (χ3v) is 4.64.